The van der Waals surface area contributed by atoms with Crippen LogP contribution in [-0.2, 0) is 6.54 Å². The molecule has 3 rings (SSSR count). The summed E-state index contributed by atoms with van der Waals surface area (Å²) < 4.78 is 0. The van der Waals surface area contributed by atoms with Gasteiger partial charge in [-0.2, -0.15) is 0 Å². The van der Waals surface area contributed by atoms with Gasteiger partial charge in [-0.1, -0.05) is 19.9 Å². The van der Waals surface area contributed by atoms with Crippen molar-refractivity contribution in [3.05, 3.63) is 23.9 Å². The molecular formula is C21H37IN6. The third-order valence-electron chi connectivity index (χ3n) is 5.99. The van der Waals surface area contributed by atoms with Crippen LogP contribution < -0.4 is 15.5 Å². The number of nitrogens with one attached hydrogen (secondary N) is 2. The quantitative estimate of drug-likeness (QED) is 0.370. The van der Waals surface area contributed by atoms with Gasteiger partial charge in [0.15, 0.2) is 5.96 Å². The average Bonchev–Trinajstić information content (AvgIpc) is 2.73. The Bertz CT molecular complexity index is 589. The average molecular weight is 500 g/mol. The van der Waals surface area contributed by atoms with Crippen LogP contribution in [-0.4, -0.2) is 61.7 Å². The van der Waals surface area contributed by atoms with E-state index in [1.54, 1.807) is 0 Å². The second kappa shape index (κ2) is 11.8. The summed E-state index contributed by atoms with van der Waals surface area (Å²) in [6, 6.07) is 4.88. The zero-order valence-electron chi connectivity index (χ0n) is 17.7. The van der Waals surface area contributed by atoms with Crippen LogP contribution in [0, 0.1) is 5.92 Å². The smallest absolute Gasteiger partial charge is 0.191 e. The molecule has 0 spiro atoms. The number of aliphatic imine (C=N–C) groups is 1. The molecule has 7 heteroatoms. The minimum absolute atomic E-state index is 0. The standard InChI is InChI=1S/C21H36N6.HI/c1-4-26-11-13-27(14-12-26)20-10-7-18(15-23-20)16-24-21(22-3)25-19-8-5-17(2)6-9-19;/h7,10,15,17,19H,4-6,8-9,11-14,16H2,1-3H3,(H2,22,24,25);1H. The van der Waals surface area contributed by atoms with E-state index in [0.29, 0.717) is 6.04 Å². The molecule has 1 aromatic heterocycles. The van der Waals surface area contributed by atoms with Gasteiger partial charge in [0.05, 0.1) is 0 Å². The lowest BCUT2D eigenvalue weighted by molar-refractivity contribution is 0.270. The van der Waals surface area contributed by atoms with Gasteiger partial charge in [0.1, 0.15) is 5.82 Å². The van der Waals surface area contributed by atoms with Gasteiger partial charge in [0.2, 0.25) is 0 Å². The maximum atomic E-state index is 4.69. The predicted octanol–water partition coefficient (Wildman–Crippen LogP) is 3.09. The Morgan fingerprint density at radius 2 is 1.86 bits per heavy atom. The van der Waals surface area contributed by atoms with Crippen molar-refractivity contribution in [2.75, 3.05) is 44.7 Å². The highest BCUT2D eigenvalue weighted by Gasteiger charge is 2.19. The number of guanidine groups is 1. The van der Waals surface area contributed by atoms with Gasteiger partial charge in [0.25, 0.3) is 0 Å². The van der Waals surface area contributed by atoms with Crippen LogP contribution in [0.4, 0.5) is 5.82 Å². The summed E-state index contributed by atoms with van der Waals surface area (Å²) in [4.78, 5) is 13.9. The van der Waals surface area contributed by atoms with Crippen LogP contribution in [0.15, 0.2) is 23.3 Å². The maximum absolute atomic E-state index is 4.69. The van der Waals surface area contributed by atoms with Gasteiger partial charge >= 0.3 is 0 Å². The molecule has 0 bridgehead atoms. The Labute approximate surface area is 187 Å². The molecule has 1 saturated carbocycles. The molecule has 1 saturated heterocycles. The number of anilines is 1. The first kappa shape index (κ1) is 23.2. The molecule has 0 radical (unpaired) electrons. The molecular weight excluding hydrogens is 463 g/mol. The van der Waals surface area contributed by atoms with Crippen molar-refractivity contribution < 1.29 is 0 Å². The van der Waals surface area contributed by atoms with Crippen LogP contribution >= 0.6 is 24.0 Å². The lowest BCUT2D eigenvalue weighted by Gasteiger charge is -2.34. The molecule has 1 aliphatic heterocycles. The first-order valence-corrected chi connectivity index (χ1v) is 10.6. The minimum atomic E-state index is 0. The summed E-state index contributed by atoms with van der Waals surface area (Å²) in [5.74, 6) is 2.86. The van der Waals surface area contributed by atoms with Crippen LogP contribution in [0.2, 0.25) is 0 Å². The summed E-state index contributed by atoms with van der Waals surface area (Å²) in [5, 5.41) is 7.01. The molecule has 1 aliphatic carbocycles. The molecule has 2 heterocycles. The van der Waals surface area contributed by atoms with Crippen molar-refractivity contribution in [1.82, 2.24) is 20.5 Å². The topological polar surface area (TPSA) is 55.8 Å². The molecule has 2 fully saturated rings. The van der Waals surface area contributed by atoms with Crippen LogP contribution in [0.1, 0.15) is 45.1 Å². The number of aromatic nitrogens is 1. The lowest BCUT2D eigenvalue weighted by Crippen LogP contribution is -2.46. The second-order valence-electron chi connectivity index (χ2n) is 7.97. The van der Waals surface area contributed by atoms with E-state index in [-0.39, 0.29) is 24.0 Å². The number of nitrogens with zero attached hydrogens (tertiary/aromatic N) is 4. The number of piperazine rings is 1. The molecule has 0 unspecified atom stereocenters. The summed E-state index contributed by atoms with van der Waals surface area (Å²) in [5.41, 5.74) is 1.19. The first-order valence-electron chi connectivity index (χ1n) is 10.6. The van der Waals surface area contributed by atoms with E-state index in [1.807, 2.05) is 13.2 Å². The van der Waals surface area contributed by atoms with Crippen LogP contribution in [0.3, 0.4) is 0 Å². The zero-order chi connectivity index (χ0) is 19.1. The zero-order valence-corrected chi connectivity index (χ0v) is 20.0. The van der Waals surface area contributed by atoms with Crippen molar-refractivity contribution in [3.63, 3.8) is 0 Å². The Kier molecular flexibility index (Phi) is 9.77. The summed E-state index contributed by atoms with van der Waals surface area (Å²) in [7, 11) is 1.85. The number of rotatable bonds is 5. The fraction of sp³-hybridized carbons (Fsp3) is 0.714. The number of halogens is 1. The maximum Gasteiger partial charge on any atom is 0.191 e. The Morgan fingerprint density at radius 3 is 2.43 bits per heavy atom. The molecule has 0 amide bonds. The number of hydrogen-bond donors (Lipinski definition) is 2. The van der Waals surface area contributed by atoms with E-state index in [9.17, 15) is 0 Å². The summed E-state index contributed by atoms with van der Waals surface area (Å²) in [6.45, 7) is 10.9. The third kappa shape index (κ3) is 6.76. The van der Waals surface area contributed by atoms with Crippen molar-refractivity contribution in [1.29, 1.82) is 0 Å². The highest BCUT2D eigenvalue weighted by molar-refractivity contribution is 14.0. The normalized spacial score (nSPS) is 23.8. The molecule has 28 heavy (non-hydrogen) atoms. The van der Waals surface area contributed by atoms with Crippen molar-refractivity contribution in [2.45, 2.75) is 52.1 Å². The van der Waals surface area contributed by atoms with Gasteiger partial charge < -0.3 is 20.4 Å². The Morgan fingerprint density at radius 1 is 1.14 bits per heavy atom. The van der Waals surface area contributed by atoms with Crippen molar-refractivity contribution in [2.24, 2.45) is 10.9 Å². The van der Waals surface area contributed by atoms with Gasteiger partial charge in [-0.25, -0.2) is 4.98 Å². The molecule has 0 atom stereocenters. The second-order valence-corrected chi connectivity index (χ2v) is 7.97. The molecule has 6 nitrogen and oxygen atoms in total. The van der Waals surface area contributed by atoms with Gasteiger partial charge in [-0.15, -0.1) is 24.0 Å². The van der Waals surface area contributed by atoms with Crippen molar-refractivity contribution >= 4 is 35.8 Å². The largest absolute Gasteiger partial charge is 0.354 e. The molecule has 1 aromatic rings. The number of likely N-dealkylation sites (N-methyl/N-ethyl adjacent to an activating group) is 1. The molecule has 0 aromatic carbocycles. The highest BCUT2D eigenvalue weighted by Crippen LogP contribution is 2.23. The first-order chi connectivity index (χ1) is 13.2. The Balaban J connectivity index is 0.00000280. The van der Waals surface area contributed by atoms with E-state index in [2.05, 4.69) is 56.4 Å². The van der Waals surface area contributed by atoms with Crippen molar-refractivity contribution in [3.8, 4) is 0 Å². The van der Waals surface area contributed by atoms with Crippen LogP contribution in [0.5, 0.6) is 0 Å². The fourth-order valence-corrected chi connectivity index (χ4v) is 3.98. The molecule has 2 aliphatic rings. The summed E-state index contributed by atoms with van der Waals surface area (Å²) >= 11 is 0. The highest BCUT2D eigenvalue weighted by atomic mass is 127. The van der Waals surface area contributed by atoms with Gasteiger partial charge in [-0.05, 0) is 49.8 Å². The minimum Gasteiger partial charge on any atom is -0.354 e. The fourth-order valence-electron chi connectivity index (χ4n) is 3.98. The van der Waals surface area contributed by atoms with Crippen LogP contribution in [0.25, 0.3) is 0 Å². The number of hydrogen-bond acceptors (Lipinski definition) is 4. The van der Waals surface area contributed by atoms with E-state index < -0.39 is 0 Å². The van der Waals surface area contributed by atoms with Gasteiger partial charge in [-0.3, -0.25) is 4.99 Å². The summed E-state index contributed by atoms with van der Waals surface area (Å²) in [6.07, 6.45) is 7.09. The van der Waals surface area contributed by atoms with E-state index in [0.717, 1.165) is 57.0 Å². The van der Waals surface area contributed by atoms with E-state index in [4.69, 9.17) is 0 Å². The SMILES string of the molecule is CCN1CCN(c2ccc(CNC(=NC)NC3CCC(C)CC3)cn2)CC1.I. The monoisotopic (exact) mass is 500 g/mol. The Hall–Kier alpha value is -1.09. The molecule has 2 N–H and O–H groups in total. The van der Waals surface area contributed by atoms with E-state index in [1.165, 1.54) is 31.2 Å². The number of pyridine rings is 1. The van der Waals surface area contributed by atoms with Gasteiger partial charge in [0, 0.05) is 52.0 Å². The lowest BCUT2D eigenvalue weighted by atomic mass is 9.87. The van der Waals surface area contributed by atoms with E-state index >= 15 is 0 Å². The predicted molar refractivity (Wildman–Crippen MR) is 129 cm³/mol. The third-order valence-corrected chi connectivity index (χ3v) is 5.99. The molecule has 158 valence electrons.